The summed E-state index contributed by atoms with van der Waals surface area (Å²) in [7, 11) is -3.77. The number of hydrogen-bond donors (Lipinski definition) is 3. The lowest BCUT2D eigenvalue weighted by Crippen LogP contribution is -2.26. The highest BCUT2D eigenvalue weighted by Crippen LogP contribution is 2.29. The first-order chi connectivity index (χ1) is 16.3. The van der Waals surface area contributed by atoms with Crippen molar-refractivity contribution in [3.8, 4) is 0 Å². The van der Waals surface area contributed by atoms with Crippen molar-refractivity contribution in [3.63, 3.8) is 0 Å². The van der Waals surface area contributed by atoms with E-state index in [1.54, 1.807) is 12.4 Å². The van der Waals surface area contributed by atoms with Gasteiger partial charge in [0, 0.05) is 42.0 Å². The van der Waals surface area contributed by atoms with Crippen LogP contribution in [0.25, 0.3) is 10.9 Å². The number of nitrogens with zero attached hydrogens (tertiary/aromatic N) is 1. The number of pyridine rings is 1. The van der Waals surface area contributed by atoms with Crippen molar-refractivity contribution in [3.05, 3.63) is 95.2 Å². The van der Waals surface area contributed by atoms with E-state index in [4.69, 9.17) is 0 Å². The van der Waals surface area contributed by atoms with Gasteiger partial charge < -0.3 is 10.1 Å². The third kappa shape index (κ3) is 5.49. The van der Waals surface area contributed by atoms with Crippen LogP contribution < -0.4 is 4.72 Å². The van der Waals surface area contributed by atoms with Gasteiger partial charge in [0.15, 0.2) is 0 Å². The molecular weight excluding hydrogens is 457 g/mol. The van der Waals surface area contributed by atoms with Crippen molar-refractivity contribution in [1.82, 2.24) is 14.7 Å². The minimum atomic E-state index is -3.77. The first kappa shape index (κ1) is 23.6. The molecule has 0 amide bonds. The van der Waals surface area contributed by atoms with Crippen LogP contribution in [-0.4, -0.2) is 36.0 Å². The second kappa shape index (κ2) is 10.1. The van der Waals surface area contributed by atoms with Crippen LogP contribution >= 0.6 is 0 Å². The van der Waals surface area contributed by atoms with Crippen LogP contribution in [0.5, 0.6) is 0 Å². The number of aromatic nitrogens is 2. The Kier molecular flexibility index (Phi) is 7.04. The summed E-state index contributed by atoms with van der Waals surface area (Å²) in [5, 5.41) is 10.1. The van der Waals surface area contributed by atoms with Gasteiger partial charge in [-0.25, -0.2) is 17.5 Å². The van der Waals surface area contributed by atoms with Crippen LogP contribution in [-0.2, 0) is 34.1 Å². The number of sulfonamides is 1. The van der Waals surface area contributed by atoms with Gasteiger partial charge in [-0.05, 0) is 65.9 Å². The largest absolute Gasteiger partial charge is 0.481 e. The highest BCUT2D eigenvalue weighted by Gasteiger charge is 2.18. The van der Waals surface area contributed by atoms with E-state index < -0.39 is 21.8 Å². The SMILES string of the molecule is O=C(O)CCc1[nH]c2cccc(CCNS(=O)(=O)c3ccc(F)cc3)c2c1Cc1cccnc1. The molecule has 0 radical (unpaired) electrons. The number of aliphatic carboxylic acids is 1. The molecule has 0 aliphatic rings. The van der Waals surface area contributed by atoms with Crippen molar-refractivity contribution in [2.45, 2.75) is 30.6 Å². The summed E-state index contributed by atoms with van der Waals surface area (Å²) in [6.45, 7) is 0.154. The molecule has 0 aliphatic heterocycles. The molecule has 3 N–H and O–H groups in total. The fourth-order valence-corrected chi connectivity index (χ4v) is 5.05. The molecule has 176 valence electrons. The first-order valence-corrected chi connectivity index (χ1v) is 12.3. The van der Waals surface area contributed by atoms with Crippen LogP contribution in [0.3, 0.4) is 0 Å². The van der Waals surface area contributed by atoms with Crippen molar-refractivity contribution in [1.29, 1.82) is 0 Å². The Labute approximate surface area is 196 Å². The minimum Gasteiger partial charge on any atom is -0.481 e. The zero-order valence-electron chi connectivity index (χ0n) is 18.3. The minimum absolute atomic E-state index is 0.000333. The van der Waals surface area contributed by atoms with Crippen LogP contribution in [0.15, 0.2) is 71.9 Å². The second-order valence-electron chi connectivity index (χ2n) is 7.96. The third-order valence-electron chi connectivity index (χ3n) is 5.61. The number of carboxylic acid groups (broad SMARTS) is 1. The molecule has 4 aromatic rings. The lowest BCUT2D eigenvalue weighted by Gasteiger charge is -2.10. The van der Waals surface area contributed by atoms with Crippen molar-refractivity contribution in [2.24, 2.45) is 0 Å². The summed E-state index contributed by atoms with van der Waals surface area (Å²) < 4.78 is 40.8. The second-order valence-corrected chi connectivity index (χ2v) is 9.72. The molecule has 0 saturated heterocycles. The molecule has 4 rings (SSSR count). The number of benzene rings is 2. The fourth-order valence-electron chi connectivity index (χ4n) is 4.02. The number of fused-ring (bicyclic) bond motifs is 1. The van der Waals surface area contributed by atoms with Crippen LogP contribution in [0.4, 0.5) is 4.39 Å². The summed E-state index contributed by atoms with van der Waals surface area (Å²) in [4.78, 5) is 18.7. The molecule has 0 atom stereocenters. The van der Waals surface area contributed by atoms with Gasteiger partial charge in [-0.3, -0.25) is 9.78 Å². The maximum absolute atomic E-state index is 13.1. The molecule has 0 spiro atoms. The summed E-state index contributed by atoms with van der Waals surface area (Å²) in [5.74, 6) is -1.38. The van der Waals surface area contributed by atoms with E-state index in [2.05, 4.69) is 14.7 Å². The molecule has 0 fully saturated rings. The highest BCUT2D eigenvalue weighted by molar-refractivity contribution is 7.89. The molecule has 0 bridgehead atoms. The number of carboxylic acids is 1. The van der Waals surface area contributed by atoms with Gasteiger partial charge in [-0.15, -0.1) is 0 Å². The predicted molar refractivity (Wildman–Crippen MR) is 127 cm³/mol. The number of H-pyrrole nitrogens is 1. The molecule has 7 nitrogen and oxygen atoms in total. The molecule has 0 aliphatic carbocycles. The number of aromatic amines is 1. The Morgan fingerprint density at radius 1 is 1.06 bits per heavy atom. The molecule has 2 heterocycles. The Balaban J connectivity index is 1.62. The fraction of sp³-hybridized carbons (Fsp3) is 0.200. The van der Waals surface area contributed by atoms with Crippen LogP contribution in [0.2, 0.25) is 0 Å². The van der Waals surface area contributed by atoms with E-state index in [-0.39, 0.29) is 17.9 Å². The molecular formula is C25H24FN3O4S. The van der Waals surface area contributed by atoms with Crippen molar-refractivity contribution in [2.75, 3.05) is 6.54 Å². The summed E-state index contributed by atoms with van der Waals surface area (Å²) in [5.41, 5.74) is 4.64. The van der Waals surface area contributed by atoms with Gasteiger partial charge in [-0.1, -0.05) is 18.2 Å². The molecule has 2 aromatic heterocycles. The van der Waals surface area contributed by atoms with E-state index in [1.807, 2.05) is 30.3 Å². The first-order valence-electron chi connectivity index (χ1n) is 10.8. The Morgan fingerprint density at radius 2 is 1.85 bits per heavy atom. The summed E-state index contributed by atoms with van der Waals surface area (Å²) in [6.07, 6.45) is 4.83. The summed E-state index contributed by atoms with van der Waals surface area (Å²) in [6, 6.07) is 14.2. The molecule has 34 heavy (non-hydrogen) atoms. The normalized spacial score (nSPS) is 11.7. The monoisotopic (exact) mass is 481 g/mol. The average molecular weight is 482 g/mol. The summed E-state index contributed by atoms with van der Waals surface area (Å²) >= 11 is 0. The lowest BCUT2D eigenvalue weighted by molar-refractivity contribution is -0.136. The number of rotatable bonds is 10. The molecule has 0 saturated carbocycles. The third-order valence-corrected chi connectivity index (χ3v) is 7.08. The van der Waals surface area contributed by atoms with E-state index in [0.29, 0.717) is 19.3 Å². The number of hydrogen-bond acceptors (Lipinski definition) is 4. The zero-order chi connectivity index (χ0) is 24.1. The standard InChI is InChI=1S/C25H24FN3O4S/c26-19-6-8-20(9-7-19)34(32,33)28-14-12-18-4-1-5-23-25(18)21(15-17-3-2-13-27-16-17)22(29-23)10-11-24(30)31/h1-9,13,16,28-29H,10-12,14-15H2,(H,30,31). The van der Waals surface area contributed by atoms with E-state index in [9.17, 15) is 22.7 Å². The van der Waals surface area contributed by atoms with Gasteiger partial charge in [0.25, 0.3) is 0 Å². The Bertz CT molecular complexity index is 1400. The average Bonchev–Trinajstić information content (AvgIpc) is 3.16. The molecule has 0 unspecified atom stereocenters. The predicted octanol–water partition coefficient (Wildman–Crippen LogP) is 3.83. The quantitative estimate of drug-likeness (QED) is 0.319. The van der Waals surface area contributed by atoms with E-state index in [0.717, 1.165) is 45.4 Å². The maximum atomic E-state index is 13.1. The van der Waals surface area contributed by atoms with E-state index in [1.165, 1.54) is 12.1 Å². The van der Waals surface area contributed by atoms with Crippen molar-refractivity contribution < 1.29 is 22.7 Å². The van der Waals surface area contributed by atoms with Crippen molar-refractivity contribution >= 4 is 26.9 Å². The lowest BCUT2D eigenvalue weighted by atomic mass is 9.96. The highest BCUT2D eigenvalue weighted by atomic mass is 32.2. The maximum Gasteiger partial charge on any atom is 0.303 e. The van der Waals surface area contributed by atoms with Gasteiger partial charge >= 0.3 is 5.97 Å². The smallest absolute Gasteiger partial charge is 0.303 e. The number of nitrogens with one attached hydrogen (secondary N) is 2. The van der Waals surface area contributed by atoms with Gasteiger partial charge in [0.05, 0.1) is 11.3 Å². The van der Waals surface area contributed by atoms with Gasteiger partial charge in [0.1, 0.15) is 5.82 Å². The Hall–Kier alpha value is -3.56. The molecule has 9 heteroatoms. The van der Waals surface area contributed by atoms with E-state index >= 15 is 0 Å². The number of carbonyl (C=O) groups is 1. The van der Waals surface area contributed by atoms with Crippen LogP contribution in [0.1, 0.15) is 28.8 Å². The van der Waals surface area contributed by atoms with Crippen LogP contribution in [0, 0.1) is 5.82 Å². The van der Waals surface area contributed by atoms with Gasteiger partial charge in [0.2, 0.25) is 10.0 Å². The number of aryl methyl sites for hydroxylation is 1. The Morgan fingerprint density at radius 3 is 2.56 bits per heavy atom. The zero-order valence-corrected chi connectivity index (χ0v) is 19.1. The van der Waals surface area contributed by atoms with Gasteiger partial charge in [-0.2, -0.15) is 0 Å². The number of halogens is 1. The topological polar surface area (TPSA) is 112 Å². The molecule has 2 aromatic carbocycles.